The van der Waals surface area contributed by atoms with Crippen LogP contribution in [0.4, 0.5) is 0 Å². The van der Waals surface area contributed by atoms with E-state index < -0.39 is 0 Å². The van der Waals surface area contributed by atoms with Gasteiger partial charge in [0, 0.05) is 13.1 Å². The van der Waals surface area contributed by atoms with Crippen LogP contribution < -0.4 is 0 Å². The molecule has 2 unspecified atom stereocenters. The third kappa shape index (κ3) is 1.80. The van der Waals surface area contributed by atoms with Gasteiger partial charge in [-0.3, -0.25) is 4.79 Å². The van der Waals surface area contributed by atoms with Gasteiger partial charge in [0.25, 0.3) is 5.91 Å². The predicted molar refractivity (Wildman–Crippen MR) is 63.6 cm³/mol. The van der Waals surface area contributed by atoms with Crippen LogP contribution in [-0.4, -0.2) is 46.3 Å². The summed E-state index contributed by atoms with van der Waals surface area (Å²) in [6, 6.07) is 4.31. The lowest BCUT2D eigenvalue weighted by Gasteiger charge is -2.32. The van der Waals surface area contributed by atoms with Gasteiger partial charge in [-0.15, -0.1) is 0 Å². The Morgan fingerprint density at radius 3 is 2.28 bits per heavy atom. The molecular formula is C13H15NO4. The number of benzene rings is 1. The second-order valence-electron chi connectivity index (χ2n) is 4.84. The molecule has 3 rings (SSSR count). The molecule has 5 heteroatoms. The zero-order valence-corrected chi connectivity index (χ0v) is 9.87. The van der Waals surface area contributed by atoms with Gasteiger partial charge in [0.15, 0.2) is 0 Å². The number of hydrogen-bond donors (Lipinski definition) is 2. The molecule has 2 atom stereocenters. The monoisotopic (exact) mass is 249 g/mol. The van der Waals surface area contributed by atoms with Gasteiger partial charge in [-0.05, 0) is 25.0 Å². The smallest absolute Gasteiger partial charge is 0.261 e. The van der Waals surface area contributed by atoms with Gasteiger partial charge in [-0.25, -0.2) is 0 Å². The molecule has 2 saturated heterocycles. The number of phenolic OH excluding ortho intramolecular Hbond substituents is 2. The molecule has 5 nitrogen and oxygen atoms in total. The second kappa shape index (κ2) is 4.17. The van der Waals surface area contributed by atoms with E-state index in [1.54, 1.807) is 4.90 Å². The highest BCUT2D eigenvalue weighted by atomic mass is 16.5. The highest BCUT2D eigenvalue weighted by molar-refractivity contribution is 5.99. The number of likely N-dealkylation sites (tertiary alicyclic amines) is 1. The van der Waals surface area contributed by atoms with Crippen LogP contribution in [0.3, 0.4) is 0 Å². The van der Waals surface area contributed by atoms with E-state index in [0.29, 0.717) is 13.1 Å². The van der Waals surface area contributed by atoms with Crippen LogP contribution in [0.25, 0.3) is 0 Å². The summed E-state index contributed by atoms with van der Waals surface area (Å²) in [5, 5.41) is 19.4. The maximum atomic E-state index is 12.3. The molecule has 1 aromatic rings. The Morgan fingerprint density at radius 2 is 1.72 bits per heavy atom. The van der Waals surface area contributed by atoms with Crippen LogP contribution in [0.2, 0.25) is 0 Å². The van der Waals surface area contributed by atoms with Gasteiger partial charge in [-0.2, -0.15) is 0 Å². The number of hydrogen-bond acceptors (Lipinski definition) is 4. The van der Waals surface area contributed by atoms with Gasteiger partial charge in [-0.1, -0.05) is 6.07 Å². The molecule has 0 spiro atoms. The van der Waals surface area contributed by atoms with Crippen LogP contribution in [0.1, 0.15) is 23.2 Å². The molecule has 1 amide bonds. The Bertz CT molecular complexity index is 456. The molecule has 0 saturated carbocycles. The molecule has 2 aliphatic heterocycles. The van der Waals surface area contributed by atoms with E-state index in [-0.39, 0.29) is 35.2 Å². The number of aromatic hydroxyl groups is 2. The van der Waals surface area contributed by atoms with Crippen LogP contribution in [-0.2, 0) is 4.74 Å². The van der Waals surface area contributed by atoms with Crippen molar-refractivity contribution in [2.45, 2.75) is 25.0 Å². The minimum absolute atomic E-state index is 0.0150. The maximum Gasteiger partial charge on any atom is 0.261 e. The number of carbonyl (C=O) groups is 1. The first-order valence-corrected chi connectivity index (χ1v) is 6.11. The van der Waals surface area contributed by atoms with Gasteiger partial charge in [0.05, 0.1) is 12.2 Å². The molecule has 18 heavy (non-hydrogen) atoms. The van der Waals surface area contributed by atoms with E-state index in [0.717, 1.165) is 12.8 Å². The van der Waals surface area contributed by atoms with Crippen molar-refractivity contribution < 1.29 is 19.7 Å². The summed E-state index contributed by atoms with van der Waals surface area (Å²) in [5.74, 6) is -0.691. The molecule has 2 fully saturated rings. The number of fused-ring (bicyclic) bond motifs is 2. The Labute approximate surface area is 105 Å². The molecule has 0 radical (unpaired) electrons. The zero-order valence-electron chi connectivity index (χ0n) is 9.87. The zero-order chi connectivity index (χ0) is 12.7. The van der Waals surface area contributed by atoms with Crippen LogP contribution in [0.5, 0.6) is 11.5 Å². The van der Waals surface area contributed by atoms with E-state index >= 15 is 0 Å². The standard InChI is InChI=1S/C13H15NO4/c15-10-2-1-3-11(16)12(10)13(17)14-6-8-4-5-9(7-14)18-8/h1-3,8-9,15-16H,4-7H2. The fourth-order valence-electron chi connectivity index (χ4n) is 2.69. The van der Waals surface area contributed by atoms with Crippen molar-refractivity contribution in [1.82, 2.24) is 4.90 Å². The summed E-state index contributed by atoms with van der Waals surface area (Å²) >= 11 is 0. The summed E-state index contributed by atoms with van der Waals surface area (Å²) in [6.07, 6.45) is 2.14. The van der Waals surface area contributed by atoms with Gasteiger partial charge in [0.1, 0.15) is 17.1 Å². The van der Waals surface area contributed by atoms with Crippen LogP contribution >= 0.6 is 0 Å². The Balaban J connectivity index is 1.86. The van der Waals surface area contributed by atoms with Crippen molar-refractivity contribution in [2.75, 3.05) is 13.1 Å². The van der Waals surface area contributed by atoms with E-state index in [1.165, 1.54) is 18.2 Å². The molecule has 2 N–H and O–H groups in total. The molecule has 2 bridgehead atoms. The third-order valence-electron chi connectivity index (χ3n) is 3.57. The predicted octanol–water partition coefficient (Wildman–Crippen LogP) is 1.10. The number of rotatable bonds is 1. The molecule has 1 aromatic carbocycles. The average Bonchev–Trinajstić information content (AvgIpc) is 2.68. The first-order valence-electron chi connectivity index (χ1n) is 6.11. The van der Waals surface area contributed by atoms with Crippen molar-refractivity contribution in [2.24, 2.45) is 0 Å². The van der Waals surface area contributed by atoms with E-state index in [4.69, 9.17) is 4.74 Å². The quantitative estimate of drug-likeness (QED) is 0.782. The maximum absolute atomic E-state index is 12.3. The van der Waals surface area contributed by atoms with Crippen molar-refractivity contribution >= 4 is 5.91 Å². The van der Waals surface area contributed by atoms with Crippen molar-refractivity contribution in [3.05, 3.63) is 23.8 Å². The Kier molecular flexibility index (Phi) is 2.63. The number of nitrogens with zero attached hydrogens (tertiary/aromatic N) is 1. The van der Waals surface area contributed by atoms with Crippen LogP contribution in [0.15, 0.2) is 18.2 Å². The normalized spacial score (nSPS) is 26.3. The summed E-state index contributed by atoms with van der Waals surface area (Å²) in [6.45, 7) is 1.06. The van der Waals surface area contributed by atoms with Crippen molar-refractivity contribution in [1.29, 1.82) is 0 Å². The van der Waals surface area contributed by atoms with Crippen LogP contribution in [0, 0.1) is 0 Å². The lowest BCUT2D eigenvalue weighted by atomic mass is 10.1. The largest absolute Gasteiger partial charge is 0.507 e. The molecule has 2 heterocycles. The minimum Gasteiger partial charge on any atom is -0.507 e. The number of phenols is 2. The highest BCUT2D eigenvalue weighted by Gasteiger charge is 2.37. The fraction of sp³-hybridized carbons (Fsp3) is 0.462. The van der Waals surface area contributed by atoms with E-state index in [1.807, 2.05) is 0 Å². The molecular weight excluding hydrogens is 234 g/mol. The van der Waals surface area contributed by atoms with Gasteiger partial charge >= 0.3 is 0 Å². The Morgan fingerprint density at radius 1 is 1.17 bits per heavy atom. The van der Waals surface area contributed by atoms with Gasteiger partial charge in [0.2, 0.25) is 0 Å². The highest BCUT2D eigenvalue weighted by Crippen LogP contribution is 2.31. The molecule has 96 valence electrons. The fourth-order valence-corrected chi connectivity index (χ4v) is 2.69. The summed E-state index contributed by atoms with van der Waals surface area (Å²) in [5.41, 5.74) is -0.0150. The SMILES string of the molecule is O=C(c1c(O)cccc1O)N1CC2CCC(C1)O2. The number of carbonyl (C=O) groups excluding carboxylic acids is 1. The third-order valence-corrected chi connectivity index (χ3v) is 3.57. The lowest BCUT2D eigenvalue weighted by molar-refractivity contribution is -0.0305. The van der Waals surface area contributed by atoms with E-state index in [2.05, 4.69) is 0 Å². The summed E-state index contributed by atoms with van der Waals surface area (Å²) in [7, 11) is 0. The average molecular weight is 249 g/mol. The van der Waals surface area contributed by atoms with Gasteiger partial charge < -0.3 is 19.8 Å². The first-order chi connectivity index (χ1) is 8.65. The lowest BCUT2D eigenvalue weighted by Crippen LogP contribution is -2.45. The summed E-state index contributed by atoms with van der Waals surface area (Å²) < 4.78 is 5.66. The molecule has 0 aliphatic carbocycles. The molecule has 2 aliphatic rings. The Hall–Kier alpha value is -1.75. The van der Waals surface area contributed by atoms with Crippen molar-refractivity contribution in [3.63, 3.8) is 0 Å². The number of morpholine rings is 1. The number of ether oxygens (including phenoxy) is 1. The first kappa shape index (κ1) is 11.3. The minimum atomic E-state index is -0.328. The topological polar surface area (TPSA) is 70.0 Å². The van der Waals surface area contributed by atoms with Crippen molar-refractivity contribution in [3.8, 4) is 11.5 Å². The molecule has 0 aromatic heterocycles. The number of amides is 1. The van der Waals surface area contributed by atoms with E-state index in [9.17, 15) is 15.0 Å². The second-order valence-corrected chi connectivity index (χ2v) is 4.84. The summed E-state index contributed by atoms with van der Waals surface area (Å²) in [4.78, 5) is 14.0.